The van der Waals surface area contributed by atoms with Crippen LogP contribution in [0.15, 0.2) is 97.6 Å². The molecular weight excluding hydrogens is 892 g/mol. The summed E-state index contributed by atoms with van der Waals surface area (Å²) in [7, 11) is -5.99. The van der Waals surface area contributed by atoms with Crippen molar-refractivity contribution in [1.29, 1.82) is 0 Å². The molecule has 0 radical (unpaired) electrons. The van der Waals surface area contributed by atoms with Crippen LogP contribution in [0.2, 0.25) is 27.0 Å². The van der Waals surface area contributed by atoms with Crippen molar-refractivity contribution < 1.29 is 37.0 Å². The van der Waals surface area contributed by atoms with Crippen molar-refractivity contribution in [2.24, 2.45) is 0 Å². The maximum absolute atomic E-state index is 14.3. The first-order chi connectivity index (χ1) is 29.7. The Labute approximate surface area is 370 Å². The van der Waals surface area contributed by atoms with Gasteiger partial charge in [0.1, 0.15) is 0 Å². The van der Waals surface area contributed by atoms with Crippen molar-refractivity contribution in [3.63, 3.8) is 0 Å². The van der Waals surface area contributed by atoms with E-state index in [1.54, 1.807) is 85.2 Å². The van der Waals surface area contributed by atoms with Gasteiger partial charge in [0.15, 0.2) is 0 Å². The van der Waals surface area contributed by atoms with Gasteiger partial charge in [0, 0.05) is 0 Å². The molecule has 0 spiro atoms. The molecule has 18 heteroatoms. The molecule has 2 amide bonds. The first kappa shape index (κ1) is 45.5. The number of hydrogen-bond acceptors (Lipinski definition) is 12. The monoisotopic (exact) mass is 946 g/mol. The maximum atomic E-state index is 14.3. The molecule has 4 heterocycles. The van der Waals surface area contributed by atoms with Gasteiger partial charge in [-0.05, 0) is 0 Å². The van der Waals surface area contributed by atoms with Crippen molar-refractivity contribution in [3.8, 4) is 0 Å². The van der Waals surface area contributed by atoms with Crippen LogP contribution >= 0.6 is 0 Å². The van der Waals surface area contributed by atoms with Crippen LogP contribution in [0.25, 0.3) is 11.2 Å². The summed E-state index contributed by atoms with van der Waals surface area (Å²) in [5, 5.41) is 11.8. The quantitative estimate of drug-likeness (QED) is 0.0342. The van der Waals surface area contributed by atoms with Crippen LogP contribution in [0.5, 0.6) is 0 Å². The number of ether oxygens (including phenoxy) is 2. The second-order valence-electron chi connectivity index (χ2n) is 16.8. The van der Waals surface area contributed by atoms with Crippen molar-refractivity contribution in [3.05, 3.63) is 124 Å². The van der Waals surface area contributed by atoms with Gasteiger partial charge in [-0.1, -0.05) is 0 Å². The van der Waals surface area contributed by atoms with E-state index in [0.717, 1.165) is 4.90 Å². The van der Waals surface area contributed by atoms with Gasteiger partial charge in [0.05, 0.1) is 0 Å². The standard InChI is InChI=1S/C44H54N6O9SeSi2/c1-28(2)61(29(3)4)56-24-36-38(58-62(59-61,30(5)6)31(7)8)39(60-27-55-23-34-21-15-16-22-35(34)50(53)54)44(57-36)48-26-47-37-40(48)45-25-46-41(37)49(42(51)32-17-11-9-12-18-32)43(52)33-19-13-10-14-20-33/h9-22,25-26,28-31,36,38-39,44H,23-24,27H2,1-8H3/t36-,38+,39?,44-/m1/s1. The molecule has 0 N–H and O–H groups in total. The molecule has 62 heavy (non-hydrogen) atoms. The SMILES string of the molecule is CC(C)[Si]1(C(C)C)OC[C@H]2O[C@@H](n3cnc4c(N(C(=O)c5ccccc5)C(=O)c5ccccc5)ncnc43)C([Se]COCc3ccccc3[N+](=O)[O-])[C@H]2O[Si](C(C)C)(C(C)C)O1. The number of imidazole rings is 1. The summed E-state index contributed by atoms with van der Waals surface area (Å²) in [6, 6.07) is 23.7. The van der Waals surface area contributed by atoms with Gasteiger partial charge < -0.3 is 0 Å². The molecule has 1 unspecified atom stereocenters. The molecule has 2 fully saturated rings. The molecule has 0 bridgehead atoms. The number of amides is 2. The predicted molar refractivity (Wildman–Crippen MR) is 239 cm³/mol. The van der Waals surface area contributed by atoms with Gasteiger partial charge in [-0.15, -0.1) is 0 Å². The fourth-order valence-corrected chi connectivity index (χ4v) is 22.3. The molecule has 2 saturated heterocycles. The number of carbonyl (C=O) groups is 2. The molecule has 4 atom stereocenters. The van der Waals surface area contributed by atoms with E-state index in [1.165, 1.54) is 12.4 Å². The zero-order chi connectivity index (χ0) is 44.3. The number of nitro groups is 1. The topological polar surface area (TPSA) is 170 Å². The molecule has 0 saturated carbocycles. The average molecular weight is 946 g/mol. The first-order valence-corrected chi connectivity index (χ1v) is 27.1. The fraction of sp³-hybridized carbons (Fsp3) is 0.432. The zero-order valence-corrected chi connectivity index (χ0v) is 40.0. The number of para-hydroxylation sites is 1. The summed E-state index contributed by atoms with van der Waals surface area (Å²) in [4.78, 5) is 54.7. The van der Waals surface area contributed by atoms with Crippen molar-refractivity contribution in [1.82, 2.24) is 19.5 Å². The summed E-state index contributed by atoms with van der Waals surface area (Å²) in [6.45, 7) is 17.7. The third-order valence-corrected chi connectivity index (χ3v) is 24.4. The number of anilines is 1. The molecule has 328 valence electrons. The fourth-order valence-electron chi connectivity index (χ4n) is 8.51. The van der Waals surface area contributed by atoms with E-state index in [2.05, 4.69) is 65.4 Å². The Hall–Kier alpha value is -4.50. The number of nitro benzene ring substituents is 1. The molecule has 3 aromatic carbocycles. The van der Waals surface area contributed by atoms with Gasteiger partial charge >= 0.3 is 372 Å². The van der Waals surface area contributed by atoms with E-state index < -0.39 is 52.3 Å². The Morgan fingerprint density at radius 1 is 0.839 bits per heavy atom. The van der Waals surface area contributed by atoms with Crippen LogP contribution < -0.4 is 4.90 Å². The average Bonchev–Trinajstić information content (AvgIpc) is 3.83. The Kier molecular flexibility index (Phi) is 14.0. The van der Waals surface area contributed by atoms with Gasteiger partial charge in [0.25, 0.3) is 0 Å². The summed E-state index contributed by atoms with van der Waals surface area (Å²) in [5.41, 5.74) is 2.33. The van der Waals surface area contributed by atoms with E-state index in [-0.39, 0.29) is 77.7 Å². The van der Waals surface area contributed by atoms with Crippen molar-refractivity contribution >= 4 is 66.6 Å². The normalized spacial score (nSPS) is 21.0. The van der Waals surface area contributed by atoms with Crippen LogP contribution in [-0.2, 0) is 29.0 Å². The van der Waals surface area contributed by atoms with Gasteiger partial charge in [-0.2, -0.15) is 0 Å². The number of fused-ring (bicyclic) bond motifs is 2. The summed E-state index contributed by atoms with van der Waals surface area (Å²) in [5.74, 6) is -1.11. The molecule has 2 aliphatic rings. The van der Waals surface area contributed by atoms with Gasteiger partial charge in [-0.25, -0.2) is 0 Å². The molecule has 15 nitrogen and oxygen atoms in total. The molecule has 2 aliphatic heterocycles. The van der Waals surface area contributed by atoms with Crippen LogP contribution in [-0.4, -0.2) is 92.7 Å². The minimum absolute atomic E-state index is 0.00157. The van der Waals surface area contributed by atoms with E-state index >= 15 is 0 Å². The number of carbonyl (C=O) groups excluding carboxylic acids is 2. The number of aromatic nitrogens is 4. The first-order valence-electron chi connectivity index (χ1n) is 21.0. The van der Waals surface area contributed by atoms with Gasteiger partial charge in [0.2, 0.25) is 0 Å². The predicted octanol–water partition coefficient (Wildman–Crippen LogP) is 8.74. The molecular formula is C44H54N6O9SeSi2. The summed E-state index contributed by atoms with van der Waals surface area (Å²) < 4.78 is 37.3. The van der Waals surface area contributed by atoms with E-state index in [1.807, 2.05) is 4.57 Å². The Bertz CT molecular complexity index is 2300. The van der Waals surface area contributed by atoms with E-state index in [0.29, 0.717) is 22.3 Å². The third kappa shape index (κ3) is 8.72. The van der Waals surface area contributed by atoms with Crippen LogP contribution in [0.3, 0.4) is 0 Å². The Balaban J connectivity index is 1.31. The second kappa shape index (κ2) is 19.1. The number of nitrogens with zero attached hydrogens (tertiary/aromatic N) is 6. The molecule has 7 rings (SSSR count). The number of rotatable bonds is 14. The van der Waals surface area contributed by atoms with Crippen LogP contribution in [0.4, 0.5) is 11.5 Å². The summed E-state index contributed by atoms with van der Waals surface area (Å²) in [6.07, 6.45) is 1.25. The number of imide groups is 1. The Morgan fingerprint density at radius 2 is 1.42 bits per heavy atom. The molecule has 0 aliphatic carbocycles. The molecule has 5 aromatic rings. The van der Waals surface area contributed by atoms with Crippen LogP contribution in [0, 0.1) is 10.1 Å². The minimum atomic E-state index is -3.09. The second-order valence-corrected chi connectivity index (χ2v) is 28.0. The summed E-state index contributed by atoms with van der Waals surface area (Å²) >= 11 is -0.351. The Morgan fingerprint density at radius 3 is 2.00 bits per heavy atom. The van der Waals surface area contributed by atoms with Crippen molar-refractivity contribution in [2.75, 3.05) is 17.0 Å². The number of hydrogen-bond donors (Lipinski definition) is 0. The van der Waals surface area contributed by atoms with E-state index in [9.17, 15) is 19.7 Å². The van der Waals surface area contributed by atoms with Crippen molar-refractivity contribution in [2.45, 2.75) is 107 Å². The zero-order valence-electron chi connectivity index (χ0n) is 36.2. The van der Waals surface area contributed by atoms with Gasteiger partial charge in [-0.3, -0.25) is 0 Å². The number of benzene rings is 3. The molecule has 2 aromatic heterocycles. The van der Waals surface area contributed by atoms with Crippen LogP contribution in [0.1, 0.15) is 87.9 Å². The third-order valence-electron chi connectivity index (χ3n) is 11.7. The van der Waals surface area contributed by atoms with E-state index in [4.69, 9.17) is 27.4 Å².